The van der Waals surface area contributed by atoms with Crippen LogP contribution in [0.2, 0.25) is 0 Å². The molecule has 1 aromatic rings. The van der Waals surface area contributed by atoms with Crippen molar-refractivity contribution in [1.29, 1.82) is 0 Å². The highest BCUT2D eigenvalue weighted by Gasteiger charge is 2.10. The number of anilines is 1. The van der Waals surface area contributed by atoms with Crippen LogP contribution in [0.5, 0.6) is 0 Å². The molecule has 0 saturated carbocycles. The van der Waals surface area contributed by atoms with Crippen LogP contribution in [0.4, 0.5) is 10.1 Å². The number of halogens is 1. The van der Waals surface area contributed by atoms with E-state index in [1.807, 2.05) is 0 Å². The van der Waals surface area contributed by atoms with E-state index in [1.165, 1.54) is 23.3 Å². The number of hydroxylamine groups is 1. The van der Waals surface area contributed by atoms with Crippen molar-refractivity contribution in [2.24, 2.45) is 0 Å². The molecule has 1 heterocycles. The summed E-state index contributed by atoms with van der Waals surface area (Å²) >= 11 is 0. The molecule has 1 aliphatic heterocycles. The van der Waals surface area contributed by atoms with Crippen molar-refractivity contribution in [3.05, 3.63) is 42.5 Å². The fourth-order valence-corrected chi connectivity index (χ4v) is 1.08. The summed E-state index contributed by atoms with van der Waals surface area (Å²) in [5, 5.41) is 11.2. The first-order chi connectivity index (χ1) is 6.25. The van der Waals surface area contributed by atoms with Crippen LogP contribution < -0.4 is 10.5 Å². The van der Waals surface area contributed by atoms with E-state index in [2.05, 4.69) is 5.53 Å². The molecule has 0 aromatic heterocycles. The second-order valence-corrected chi connectivity index (χ2v) is 2.59. The SMILES string of the molecule is ON1C=CN(c2cccc(F)c2)N1. The van der Waals surface area contributed by atoms with Crippen LogP contribution in [0.1, 0.15) is 0 Å². The van der Waals surface area contributed by atoms with Gasteiger partial charge in [-0.25, -0.2) is 4.39 Å². The van der Waals surface area contributed by atoms with Crippen molar-refractivity contribution in [2.75, 3.05) is 5.01 Å². The van der Waals surface area contributed by atoms with Gasteiger partial charge < -0.3 is 0 Å². The van der Waals surface area contributed by atoms with Gasteiger partial charge in [0.2, 0.25) is 0 Å². The molecule has 1 aliphatic rings. The van der Waals surface area contributed by atoms with E-state index >= 15 is 0 Å². The van der Waals surface area contributed by atoms with Gasteiger partial charge in [-0.3, -0.25) is 10.2 Å². The monoisotopic (exact) mass is 181 g/mol. The number of rotatable bonds is 1. The number of hydrogen-bond acceptors (Lipinski definition) is 4. The maximum Gasteiger partial charge on any atom is 0.125 e. The maximum absolute atomic E-state index is 12.8. The van der Waals surface area contributed by atoms with Crippen molar-refractivity contribution in [3.63, 3.8) is 0 Å². The summed E-state index contributed by atoms with van der Waals surface area (Å²) in [6.45, 7) is 0. The highest BCUT2D eigenvalue weighted by Crippen LogP contribution is 2.16. The Morgan fingerprint density at radius 2 is 2.15 bits per heavy atom. The molecular weight excluding hydrogens is 173 g/mol. The lowest BCUT2D eigenvalue weighted by Gasteiger charge is -2.17. The fraction of sp³-hybridized carbons (Fsp3) is 0. The zero-order chi connectivity index (χ0) is 9.26. The van der Waals surface area contributed by atoms with Crippen molar-refractivity contribution in [3.8, 4) is 0 Å². The summed E-state index contributed by atoms with van der Waals surface area (Å²) < 4.78 is 12.8. The Balaban J connectivity index is 2.22. The molecule has 0 amide bonds. The molecule has 5 heteroatoms. The number of nitrogens with zero attached hydrogens (tertiary/aromatic N) is 2. The van der Waals surface area contributed by atoms with Gasteiger partial charge in [-0.15, -0.1) is 5.53 Å². The molecule has 13 heavy (non-hydrogen) atoms. The van der Waals surface area contributed by atoms with Gasteiger partial charge in [0.05, 0.1) is 11.9 Å². The molecule has 1 aromatic carbocycles. The number of nitrogens with one attached hydrogen (secondary N) is 1. The first-order valence-electron chi connectivity index (χ1n) is 3.73. The third-order valence-corrected chi connectivity index (χ3v) is 1.65. The molecule has 2 N–H and O–H groups in total. The molecular formula is C8H8FN3O. The first-order valence-corrected chi connectivity index (χ1v) is 3.73. The van der Waals surface area contributed by atoms with Crippen molar-refractivity contribution < 1.29 is 9.60 Å². The van der Waals surface area contributed by atoms with Gasteiger partial charge >= 0.3 is 0 Å². The van der Waals surface area contributed by atoms with Crippen LogP contribution in [0.25, 0.3) is 0 Å². The predicted octanol–water partition coefficient (Wildman–Crippen LogP) is 1.23. The summed E-state index contributed by atoms with van der Waals surface area (Å²) in [5.41, 5.74) is 3.16. The topological polar surface area (TPSA) is 38.7 Å². The minimum absolute atomic E-state index is 0.316. The predicted molar refractivity (Wildman–Crippen MR) is 44.8 cm³/mol. The van der Waals surface area contributed by atoms with Crippen LogP contribution in [-0.4, -0.2) is 10.4 Å². The number of hydrogen-bond donors (Lipinski definition) is 2. The standard InChI is InChI=1S/C8H8FN3O/c9-7-2-1-3-8(6-7)11-4-5-12(13)10-11/h1-6,10,13H. The van der Waals surface area contributed by atoms with E-state index in [0.717, 1.165) is 5.17 Å². The molecule has 0 saturated heterocycles. The van der Waals surface area contributed by atoms with E-state index < -0.39 is 0 Å². The second kappa shape index (κ2) is 3.04. The first kappa shape index (κ1) is 8.03. The van der Waals surface area contributed by atoms with E-state index in [4.69, 9.17) is 5.21 Å². The second-order valence-electron chi connectivity index (χ2n) is 2.59. The lowest BCUT2D eigenvalue weighted by molar-refractivity contribution is -0.0791. The molecule has 0 spiro atoms. The smallest absolute Gasteiger partial charge is 0.125 e. The average molecular weight is 181 g/mol. The third kappa shape index (κ3) is 1.61. The van der Waals surface area contributed by atoms with Crippen LogP contribution >= 0.6 is 0 Å². The van der Waals surface area contributed by atoms with Gasteiger partial charge in [-0.05, 0) is 18.2 Å². The molecule has 2 rings (SSSR count). The highest BCUT2D eigenvalue weighted by atomic mass is 19.1. The van der Waals surface area contributed by atoms with Crippen LogP contribution in [0, 0.1) is 5.82 Å². The van der Waals surface area contributed by atoms with E-state index in [0.29, 0.717) is 5.69 Å². The van der Waals surface area contributed by atoms with E-state index in [-0.39, 0.29) is 5.82 Å². The lowest BCUT2D eigenvalue weighted by atomic mass is 10.3. The zero-order valence-corrected chi connectivity index (χ0v) is 6.68. The van der Waals surface area contributed by atoms with Crippen molar-refractivity contribution in [2.45, 2.75) is 0 Å². The Morgan fingerprint density at radius 1 is 1.31 bits per heavy atom. The zero-order valence-electron chi connectivity index (χ0n) is 6.68. The van der Waals surface area contributed by atoms with Gasteiger partial charge in [0.15, 0.2) is 0 Å². The largest absolute Gasteiger partial charge is 0.272 e. The molecule has 0 aliphatic carbocycles. The highest BCUT2D eigenvalue weighted by molar-refractivity contribution is 5.48. The molecule has 0 bridgehead atoms. The van der Waals surface area contributed by atoms with Crippen LogP contribution in [-0.2, 0) is 0 Å². The lowest BCUT2D eigenvalue weighted by Crippen LogP contribution is -2.37. The van der Waals surface area contributed by atoms with E-state index in [1.54, 1.807) is 18.3 Å². The average Bonchev–Trinajstić information content (AvgIpc) is 2.52. The van der Waals surface area contributed by atoms with Crippen LogP contribution in [0.3, 0.4) is 0 Å². The number of hydrazine groups is 2. The van der Waals surface area contributed by atoms with Gasteiger partial charge in [0.25, 0.3) is 0 Å². The summed E-state index contributed by atoms with van der Waals surface area (Å²) in [5.74, 6) is -0.316. The van der Waals surface area contributed by atoms with Crippen molar-refractivity contribution >= 4 is 5.69 Å². The van der Waals surface area contributed by atoms with E-state index in [9.17, 15) is 4.39 Å². The maximum atomic E-state index is 12.8. The summed E-state index contributed by atoms with van der Waals surface area (Å²) in [6.07, 6.45) is 2.99. The Morgan fingerprint density at radius 3 is 2.77 bits per heavy atom. The van der Waals surface area contributed by atoms with Gasteiger partial charge in [0.1, 0.15) is 5.82 Å². The van der Waals surface area contributed by atoms with Crippen molar-refractivity contribution in [1.82, 2.24) is 10.7 Å². The quantitative estimate of drug-likeness (QED) is 0.683. The van der Waals surface area contributed by atoms with Gasteiger partial charge in [-0.1, -0.05) is 6.07 Å². The summed E-state index contributed by atoms with van der Waals surface area (Å²) in [7, 11) is 0. The Bertz CT molecular complexity index is 342. The van der Waals surface area contributed by atoms with Crippen LogP contribution in [0.15, 0.2) is 36.7 Å². The Hall–Kier alpha value is -1.59. The summed E-state index contributed by atoms with van der Waals surface area (Å²) in [4.78, 5) is 0. The molecule has 0 fully saturated rings. The molecule has 68 valence electrons. The summed E-state index contributed by atoms with van der Waals surface area (Å²) in [6, 6.07) is 6.04. The third-order valence-electron chi connectivity index (χ3n) is 1.65. The Kier molecular flexibility index (Phi) is 1.88. The molecule has 0 unspecified atom stereocenters. The fourth-order valence-electron chi connectivity index (χ4n) is 1.08. The van der Waals surface area contributed by atoms with Gasteiger partial charge in [0, 0.05) is 6.20 Å². The molecule has 0 radical (unpaired) electrons. The number of benzene rings is 1. The molecule has 0 atom stereocenters. The molecule has 4 nitrogen and oxygen atoms in total. The minimum Gasteiger partial charge on any atom is -0.272 e. The van der Waals surface area contributed by atoms with Gasteiger partial charge in [-0.2, -0.15) is 5.17 Å². The normalized spacial score (nSPS) is 15.5. The minimum atomic E-state index is -0.316. The Labute approximate surface area is 74.4 Å².